The molecule has 0 aromatic heterocycles. The molecular formula is C47H80N7O11P. The van der Waals surface area contributed by atoms with E-state index in [1.54, 1.807) is 60.0 Å². The monoisotopic (exact) mass is 950 g/mol. The van der Waals surface area contributed by atoms with Crippen LogP contribution in [-0.4, -0.2) is 188 Å². The van der Waals surface area contributed by atoms with Gasteiger partial charge in [-0.15, -0.1) is 0 Å². The predicted octanol–water partition coefficient (Wildman–Crippen LogP) is 4.53. The van der Waals surface area contributed by atoms with Crippen molar-refractivity contribution in [2.24, 2.45) is 22.7 Å². The van der Waals surface area contributed by atoms with Crippen LogP contribution in [0.15, 0.2) is 35.3 Å². The summed E-state index contributed by atoms with van der Waals surface area (Å²) in [5, 5.41) is 2.75. The lowest BCUT2D eigenvalue weighted by Gasteiger charge is -2.41. The number of likely N-dealkylation sites (N-methyl/N-ethyl adjacent to an activating group) is 1. The molecule has 2 saturated heterocycles. The molecule has 3 rings (SSSR count). The molecule has 374 valence electrons. The van der Waals surface area contributed by atoms with Gasteiger partial charge in [0.25, 0.3) is 0 Å². The molecule has 18 nitrogen and oxygen atoms in total. The maximum atomic E-state index is 14.7. The van der Waals surface area contributed by atoms with Gasteiger partial charge in [0.2, 0.25) is 25.1 Å². The molecule has 2 aliphatic heterocycles. The topological polar surface area (TPSA) is 200 Å². The van der Waals surface area contributed by atoms with E-state index in [1.165, 1.54) is 7.11 Å². The number of nitrogens with one attached hydrogen (secondary N) is 1. The Morgan fingerprint density at radius 1 is 0.924 bits per heavy atom. The van der Waals surface area contributed by atoms with Crippen molar-refractivity contribution in [3.63, 3.8) is 0 Å². The SMILES string of the molecule is CC[C@H](C)[C@@H]([C@@H](CC(=O)N1CCC[C@H]1[C@H](OC)[C@@H](C)C(=O)N[C@@H](Cc1ccccc1)P(=O)(O)CC(=O)OC)OC)N(C)C(=O)[C@@H](/N=C(/N(C)C)N1CCN(C(=O)OC(C)(C)C)CC1)C(C)C. The number of piperazine rings is 1. The number of hydrogen-bond acceptors (Lipinski definition) is 11. The number of aliphatic imine (C=N–C) groups is 1. The minimum atomic E-state index is -4.30. The van der Waals surface area contributed by atoms with Crippen molar-refractivity contribution < 1.29 is 52.4 Å². The lowest BCUT2D eigenvalue weighted by molar-refractivity contribution is -0.146. The number of rotatable bonds is 20. The van der Waals surface area contributed by atoms with Crippen LogP contribution in [0.3, 0.4) is 0 Å². The number of nitrogens with zero attached hydrogens (tertiary/aromatic N) is 6. The summed E-state index contributed by atoms with van der Waals surface area (Å²) in [6.45, 7) is 17.5. The standard InChI is InChI=1S/C47H80N7O11P/c1-15-32(4)41(51(11)44(58)40(31(2)3)49-45(50(9)10)52-24-26-53(27-25-52)46(59)65-47(6,7)8)36(62-12)29-38(55)54-23-19-22-35(54)42(64-14)33(5)43(57)48-37(28-34-20-17-16-18-21-34)66(60,61)30-39(56)63-13/h16-18,20-21,31-33,35-37,40-42H,15,19,22-30H2,1-14H3,(H,48,57)(H,60,61)/b49-45-/t32-,33+,35-,36+,37+,40-,41-,42+/m0/s1. The number of likely N-dealkylation sites (tertiary alicyclic amines) is 1. The zero-order valence-corrected chi connectivity index (χ0v) is 42.9. The lowest BCUT2D eigenvalue weighted by atomic mass is 9.89. The van der Waals surface area contributed by atoms with Gasteiger partial charge in [-0.1, -0.05) is 71.4 Å². The predicted molar refractivity (Wildman–Crippen MR) is 254 cm³/mol. The van der Waals surface area contributed by atoms with Crippen LogP contribution >= 0.6 is 7.37 Å². The Labute approximate surface area is 393 Å². The van der Waals surface area contributed by atoms with Gasteiger partial charge in [0.1, 0.15) is 23.6 Å². The van der Waals surface area contributed by atoms with Crippen molar-refractivity contribution in [3.05, 3.63) is 35.9 Å². The van der Waals surface area contributed by atoms with Crippen LogP contribution < -0.4 is 5.32 Å². The first-order chi connectivity index (χ1) is 30.9. The van der Waals surface area contributed by atoms with Crippen LogP contribution in [0.2, 0.25) is 0 Å². The first-order valence-electron chi connectivity index (χ1n) is 23.2. The highest BCUT2D eigenvalue weighted by Crippen LogP contribution is 2.46. The molecule has 0 spiro atoms. The average molecular weight is 950 g/mol. The molecule has 1 unspecified atom stereocenters. The van der Waals surface area contributed by atoms with E-state index in [-0.39, 0.29) is 42.6 Å². The van der Waals surface area contributed by atoms with E-state index >= 15 is 0 Å². The molecule has 0 bridgehead atoms. The summed E-state index contributed by atoms with van der Waals surface area (Å²) in [6, 6.07) is 7.14. The number of ether oxygens (including phenoxy) is 4. The second kappa shape index (κ2) is 25.2. The number of carbonyl (C=O) groups excluding carboxylic acids is 5. The van der Waals surface area contributed by atoms with Crippen molar-refractivity contribution in [2.75, 3.05) is 81.4 Å². The molecule has 66 heavy (non-hydrogen) atoms. The molecule has 19 heteroatoms. The third-order valence-corrected chi connectivity index (χ3v) is 14.7. The zero-order chi connectivity index (χ0) is 49.7. The summed E-state index contributed by atoms with van der Waals surface area (Å²) in [6.07, 6.45) is -0.730. The summed E-state index contributed by atoms with van der Waals surface area (Å²) in [5.74, 6) is -3.63. The molecule has 0 aliphatic carbocycles. The molecule has 4 amide bonds. The Kier molecular flexibility index (Phi) is 21.4. The number of amides is 4. The maximum Gasteiger partial charge on any atom is 0.410 e. The molecule has 0 saturated carbocycles. The Hall–Kier alpha value is -4.25. The van der Waals surface area contributed by atoms with Gasteiger partial charge in [0.15, 0.2) is 5.96 Å². The molecule has 1 aromatic carbocycles. The van der Waals surface area contributed by atoms with Crippen LogP contribution in [0.4, 0.5) is 4.79 Å². The molecule has 1 aromatic rings. The minimum Gasteiger partial charge on any atom is -0.469 e. The van der Waals surface area contributed by atoms with Gasteiger partial charge in [-0.25, -0.2) is 9.79 Å². The van der Waals surface area contributed by atoms with Gasteiger partial charge < -0.3 is 53.7 Å². The number of methoxy groups -OCH3 is 3. The smallest absolute Gasteiger partial charge is 0.410 e. The summed E-state index contributed by atoms with van der Waals surface area (Å²) in [5.41, 5.74) is 0.0898. The number of esters is 1. The van der Waals surface area contributed by atoms with Crippen LogP contribution in [0.5, 0.6) is 0 Å². The van der Waals surface area contributed by atoms with E-state index in [4.69, 9.17) is 19.2 Å². The van der Waals surface area contributed by atoms with Crippen LogP contribution in [0, 0.1) is 17.8 Å². The normalized spacial score (nSPS) is 20.0. The highest BCUT2D eigenvalue weighted by atomic mass is 31.2. The van der Waals surface area contributed by atoms with Crippen LogP contribution in [-0.2, 0) is 49.1 Å². The second-order valence-electron chi connectivity index (χ2n) is 19.3. The maximum absolute atomic E-state index is 14.7. The van der Waals surface area contributed by atoms with E-state index in [2.05, 4.69) is 15.0 Å². The largest absolute Gasteiger partial charge is 0.469 e. The number of benzene rings is 1. The molecule has 9 atom stereocenters. The Morgan fingerprint density at radius 2 is 1.53 bits per heavy atom. The molecule has 2 aliphatic rings. The highest BCUT2D eigenvalue weighted by molar-refractivity contribution is 7.59. The van der Waals surface area contributed by atoms with Gasteiger partial charge >= 0.3 is 12.1 Å². The molecule has 2 N–H and O–H groups in total. The quantitative estimate of drug-likeness (QED) is 0.0801. The van der Waals surface area contributed by atoms with E-state index in [9.17, 15) is 33.4 Å². The van der Waals surface area contributed by atoms with E-state index in [0.29, 0.717) is 63.5 Å². The average Bonchev–Trinajstić information content (AvgIpc) is 3.75. The number of hydrogen-bond donors (Lipinski definition) is 2. The third kappa shape index (κ3) is 15.4. The minimum absolute atomic E-state index is 0.00176. The molecular weight excluding hydrogens is 870 g/mol. The van der Waals surface area contributed by atoms with E-state index in [1.807, 2.05) is 73.5 Å². The third-order valence-electron chi connectivity index (χ3n) is 12.7. The van der Waals surface area contributed by atoms with Gasteiger partial charge in [0.05, 0.1) is 43.7 Å². The summed E-state index contributed by atoms with van der Waals surface area (Å²) in [7, 11) is 5.36. The first kappa shape index (κ1) is 56.1. The van der Waals surface area contributed by atoms with E-state index < -0.39 is 73.0 Å². The summed E-state index contributed by atoms with van der Waals surface area (Å²) < 4.78 is 35.9. The summed E-state index contributed by atoms with van der Waals surface area (Å²) in [4.78, 5) is 93.3. The van der Waals surface area contributed by atoms with Gasteiger partial charge in [-0.3, -0.25) is 23.7 Å². The van der Waals surface area contributed by atoms with Gasteiger partial charge in [-0.05, 0) is 51.0 Å². The number of guanidine groups is 1. The fraction of sp³-hybridized carbons (Fsp3) is 0.745. The fourth-order valence-corrected chi connectivity index (χ4v) is 10.4. The Balaban J connectivity index is 1.83. The van der Waals surface area contributed by atoms with E-state index in [0.717, 1.165) is 7.11 Å². The summed E-state index contributed by atoms with van der Waals surface area (Å²) >= 11 is 0. The zero-order valence-electron chi connectivity index (χ0n) is 42.0. The fourth-order valence-electron chi connectivity index (χ4n) is 8.81. The van der Waals surface area contributed by atoms with Gasteiger partial charge in [0, 0.05) is 74.5 Å². The first-order valence-corrected chi connectivity index (χ1v) is 25.1. The second-order valence-corrected chi connectivity index (χ2v) is 21.7. The van der Waals surface area contributed by atoms with Gasteiger partial charge in [-0.2, -0.15) is 0 Å². The number of carbonyl (C=O) groups is 5. The molecule has 0 radical (unpaired) electrons. The van der Waals surface area contributed by atoms with Crippen molar-refractivity contribution in [2.45, 2.75) is 129 Å². The van der Waals surface area contributed by atoms with Crippen molar-refractivity contribution in [3.8, 4) is 0 Å². The van der Waals surface area contributed by atoms with Crippen molar-refractivity contribution >= 4 is 43.1 Å². The molecule has 2 fully saturated rings. The van der Waals surface area contributed by atoms with Crippen LogP contribution in [0.25, 0.3) is 0 Å². The van der Waals surface area contributed by atoms with Crippen molar-refractivity contribution in [1.82, 2.24) is 29.8 Å². The van der Waals surface area contributed by atoms with Crippen molar-refractivity contribution in [1.29, 1.82) is 0 Å². The Morgan fingerprint density at radius 3 is 2.05 bits per heavy atom. The lowest BCUT2D eigenvalue weighted by Crippen LogP contribution is -2.56. The highest BCUT2D eigenvalue weighted by Gasteiger charge is 2.44. The van der Waals surface area contributed by atoms with Crippen LogP contribution in [0.1, 0.15) is 86.6 Å². The Bertz CT molecular complexity index is 1840. The molecule has 2 heterocycles.